The monoisotopic (exact) mass is 792 g/mol. The molecule has 0 radical (unpaired) electrons. The van der Waals surface area contributed by atoms with Crippen LogP contribution in [0.15, 0.2) is 98.1 Å². The van der Waals surface area contributed by atoms with E-state index >= 15 is 0 Å². The van der Waals surface area contributed by atoms with Gasteiger partial charge in [0.1, 0.15) is 23.7 Å². The predicted molar refractivity (Wildman–Crippen MR) is 224 cm³/mol. The van der Waals surface area contributed by atoms with E-state index in [0.29, 0.717) is 56.8 Å². The lowest BCUT2D eigenvalue weighted by Crippen LogP contribution is -2.37. The van der Waals surface area contributed by atoms with Gasteiger partial charge < -0.3 is 28.4 Å². The highest BCUT2D eigenvalue weighted by atomic mass is 16.6. The van der Waals surface area contributed by atoms with Crippen LogP contribution >= 0.6 is 0 Å². The number of benzene rings is 4. The molecule has 3 atom stereocenters. The molecular weight excluding hydrogens is 737 g/mol. The number of hydrogen-bond donors (Lipinski definition) is 0. The summed E-state index contributed by atoms with van der Waals surface area (Å²) in [6, 6.07) is 22.8. The molecule has 1 saturated carbocycles. The minimum absolute atomic E-state index is 0.0718. The number of fused-ring (bicyclic) bond motifs is 2. The van der Waals surface area contributed by atoms with E-state index in [0.717, 1.165) is 90.8 Å². The normalized spacial score (nSPS) is 16.3. The molecule has 10 nitrogen and oxygen atoms in total. The Hall–Kier alpha value is -5.64. The molecule has 1 aliphatic rings. The molecule has 0 heterocycles. The van der Waals surface area contributed by atoms with Crippen molar-refractivity contribution in [3.05, 3.63) is 109 Å². The highest BCUT2D eigenvalue weighted by Crippen LogP contribution is 2.33. The molecule has 0 aliphatic heterocycles. The molecule has 0 spiro atoms. The number of hydrogen-bond acceptors (Lipinski definition) is 10. The lowest BCUT2D eigenvalue weighted by molar-refractivity contribution is -0.138. The molecule has 0 unspecified atom stereocenters. The molecule has 4 aromatic rings. The van der Waals surface area contributed by atoms with Gasteiger partial charge in [0.15, 0.2) is 0 Å². The van der Waals surface area contributed by atoms with Gasteiger partial charge in [-0.1, -0.05) is 44.3 Å². The van der Waals surface area contributed by atoms with Crippen LogP contribution in [0.3, 0.4) is 0 Å². The van der Waals surface area contributed by atoms with Crippen molar-refractivity contribution >= 4 is 45.4 Å². The minimum atomic E-state index is -0.390. The van der Waals surface area contributed by atoms with E-state index in [4.69, 9.17) is 28.4 Å². The smallest absolute Gasteiger partial charge is 0.338 e. The number of carbonyl (C=O) groups is 4. The highest BCUT2D eigenvalue weighted by molar-refractivity contribution is 5.97. The first kappa shape index (κ1) is 43.5. The third-order valence-corrected chi connectivity index (χ3v) is 10.5. The molecule has 1 aliphatic carbocycles. The van der Waals surface area contributed by atoms with Gasteiger partial charge in [0.05, 0.1) is 37.6 Å². The minimum Gasteiger partial charge on any atom is -0.494 e. The number of ether oxygens (including phenoxy) is 6. The first-order valence-corrected chi connectivity index (χ1v) is 20.6. The maximum Gasteiger partial charge on any atom is 0.338 e. The second-order valence-electron chi connectivity index (χ2n) is 14.7. The third-order valence-electron chi connectivity index (χ3n) is 10.5. The van der Waals surface area contributed by atoms with Crippen molar-refractivity contribution in [3.63, 3.8) is 0 Å². The van der Waals surface area contributed by atoms with Crippen molar-refractivity contribution in [3.8, 4) is 11.5 Å². The van der Waals surface area contributed by atoms with E-state index in [1.807, 2.05) is 60.7 Å². The van der Waals surface area contributed by atoms with E-state index in [1.165, 1.54) is 12.2 Å². The van der Waals surface area contributed by atoms with E-state index < -0.39 is 11.9 Å². The standard InChI is InChI=1S/C48H56O10/c1-4-34-31-43(57-47(51)39-17-15-37-32-41(21-19-35(37)29-39)53-25-11-7-9-13-27-55-45(49)5-2)23-24-44(34)58-48(52)40-18-16-38-33-42(22-20-36(38)30-40)54-26-12-8-10-14-28-56-46(50)6-3/h5-6,15-22,29-30,32-34,43-44H,2-4,7-14,23-28,31H2,1H3/t34-,43-,44-/m1/s1. The number of carbonyl (C=O) groups excluding carboxylic acids is 4. The van der Waals surface area contributed by atoms with Gasteiger partial charge in [-0.3, -0.25) is 0 Å². The maximum atomic E-state index is 13.3. The number of esters is 4. The van der Waals surface area contributed by atoms with Crippen LogP contribution in [0.2, 0.25) is 0 Å². The largest absolute Gasteiger partial charge is 0.494 e. The molecule has 308 valence electrons. The molecule has 58 heavy (non-hydrogen) atoms. The van der Waals surface area contributed by atoms with Gasteiger partial charge in [0, 0.05) is 12.2 Å². The summed E-state index contributed by atoms with van der Waals surface area (Å²) < 4.78 is 34.0. The van der Waals surface area contributed by atoms with Gasteiger partial charge in [-0.25, -0.2) is 19.2 Å². The average molecular weight is 793 g/mol. The summed E-state index contributed by atoms with van der Waals surface area (Å²) in [5.41, 5.74) is 0.990. The molecule has 0 amide bonds. The second kappa shape index (κ2) is 22.9. The van der Waals surface area contributed by atoms with Crippen molar-refractivity contribution in [1.82, 2.24) is 0 Å². The highest BCUT2D eigenvalue weighted by Gasteiger charge is 2.34. The zero-order valence-corrected chi connectivity index (χ0v) is 33.6. The summed E-state index contributed by atoms with van der Waals surface area (Å²) >= 11 is 0. The fourth-order valence-electron chi connectivity index (χ4n) is 7.15. The molecular formula is C48H56O10. The van der Waals surface area contributed by atoms with Gasteiger partial charge in [-0.05, 0) is 153 Å². The third kappa shape index (κ3) is 13.5. The lowest BCUT2D eigenvalue weighted by atomic mass is 9.83. The van der Waals surface area contributed by atoms with Crippen molar-refractivity contribution in [2.24, 2.45) is 5.92 Å². The van der Waals surface area contributed by atoms with Gasteiger partial charge >= 0.3 is 23.9 Å². The average Bonchev–Trinajstić information content (AvgIpc) is 3.25. The van der Waals surface area contributed by atoms with Gasteiger partial charge in [-0.2, -0.15) is 0 Å². The van der Waals surface area contributed by atoms with Crippen LogP contribution in [-0.2, 0) is 28.5 Å². The van der Waals surface area contributed by atoms with Crippen molar-refractivity contribution in [2.75, 3.05) is 26.4 Å². The molecule has 5 rings (SSSR count). The molecule has 0 bridgehead atoms. The first-order valence-electron chi connectivity index (χ1n) is 20.6. The topological polar surface area (TPSA) is 124 Å². The Bertz CT molecular complexity index is 2020. The molecule has 1 fully saturated rings. The molecule has 0 N–H and O–H groups in total. The van der Waals surface area contributed by atoms with Crippen LogP contribution in [0.1, 0.15) is 105 Å². The Morgan fingerprint density at radius 3 is 1.50 bits per heavy atom. The SMILES string of the molecule is C=CC(=O)OCCCCCCOc1ccc2cc(C(=O)O[C@@H]3CC[C@@H](OC(=O)c4ccc5cc(OCCCCCCOC(=O)C=C)ccc5c4)[C@H](CC)C3)ccc2c1. The summed E-state index contributed by atoms with van der Waals surface area (Å²) in [5.74, 6) is 0.121. The molecule has 0 aromatic heterocycles. The van der Waals surface area contributed by atoms with Crippen LogP contribution in [0.25, 0.3) is 21.5 Å². The Labute approximate surface area is 341 Å². The Kier molecular flexibility index (Phi) is 17.2. The van der Waals surface area contributed by atoms with Gasteiger partial charge in [-0.15, -0.1) is 0 Å². The van der Waals surface area contributed by atoms with E-state index in [1.54, 1.807) is 12.1 Å². The molecule has 4 aromatic carbocycles. The summed E-state index contributed by atoms with van der Waals surface area (Å²) in [4.78, 5) is 48.8. The first-order chi connectivity index (χ1) is 28.3. The number of rotatable bonds is 23. The van der Waals surface area contributed by atoms with Gasteiger partial charge in [0.25, 0.3) is 0 Å². The Balaban J connectivity index is 1.03. The zero-order valence-electron chi connectivity index (χ0n) is 33.6. The predicted octanol–water partition coefficient (Wildman–Crippen LogP) is 10.3. The summed E-state index contributed by atoms with van der Waals surface area (Å²) in [6.07, 6.45) is 11.8. The van der Waals surface area contributed by atoms with Crippen LogP contribution in [0, 0.1) is 5.92 Å². The van der Waals surface area contributed by atoms with Crippen LogP contribution in [0.5, 0.6) is 11.5 Å². The fourth-order valence-corrected chi connectivity index (χ4v) is 7.15. The lowest BCUT2D eigenvalue weighted by Gasteiger charge is -2.35. The second-order valence-corrected chi connectivity index (χ2v) is 14.7. The van der Waals surface area contributed by atoms with Crippen molar-refractivity contribution in [2.45, 2.75) is 96.2 Å². The Morgan fingerprint density at radius 2 is 1.02 bits per heavy atom. The van der Waals surface area contributed by atoms with Crippen LogP contribution in [-0.4, -0.2) is 62.5 Å². The summed E-state index contributed by atoms with van der Waals surface area (Å²) in [7, 11) is 0. The molecule has 10 heteroatoms. The van der Waals surface area contributed by atoms with Crippen LogP contribution < -0.4 is 9.47 Å². The quantitative estimate of drug-likeness (QED) is 0.0310. The summed E-state index contributed by atoms with van der Waals surface area (Å²) in [6.45, 7) is 10.8. The number of unbranched alkanes of at least 4 members (excludes halogenated alkanes) is 6. The fraction of sp³-hybridized carbons (Fsp3) is 0.417. The van der Waals surface area contributed by atoms with E-state index in [9.17, 15) is 19.2 Å². The molecule has 0 saturated heterocycles. The Morgan fingerprint density at radius 1 is 0.569 bits per heavy atom. The maximum absolute atomic E-state index is 13.3. The van der Waals surface area contributed by atoms with E-state index in [-0.39, 0.29) is 30.1 Å². The van der Waals surface area contributed by atoms with E-state index in [2.05, 4.69) is 20.1 Å². The van der Waals surface area contributed by atoms with Crippen molar-refractivity contribution < 1.29 is 47.6 Å². The summed E-state index contributed by atoms with van der Waals surface area (Å²) in [5, 5.41) is 3.79. The van der Waals surface area contributed by atoms with Crippen LogP contribution in [0.4, 0.5) is 0 Å². The zero-order chi connectivity index (χ0) is 41.1. The van der Waals surface area contributed by atoms with Gasteiger partial charge in [0.2, 0.25) is 0 Å². The van der Waals surface area contributed by atoms with Crippen molar-refractivity contribution in [1.29, 1.82) is 0 Å².